The smallest absolute Gasteiger partial charge is 0.184 e. The van der Waals surface area contributed by atoms with Crippen LogP contribution in [0.3, 0.4) is 0 Å². The fourth-order valence-corrected chi connectivity index (χ4v) is 0.629. The standard InChI is InChI=1S/C7H7NO/c1-2-6-7(9)4-3-5-8-6/h2-6H,1H2. The Balaban J connectivity index is 2.77. The summed E-state index contributed by atoms with van der Waals surface area (Å²) in [5.41, 5.74) is 0. The molecule has 9 heavy (non-hydrogen) atoms. The van der Waals surface area contributed by atoms with E-state index in [-0.39, 0.29) is 11.8 Å². The third kappa shape index (κ3) is 1.13. The molecule has 0 N–H and O–H groups in total. The van der Waals surface area contributed by atoms with E-state index in [0.29, 0.717) is 0 Å². The fraction of sp³-hybridized carbons (Fsp3) is 0.143. The van der Waals surface area contributed by atoms with Crippen LogP contribution < -0.4 is 0 Å². The zero-order chi connectivity index (χ0) is 6.69. The first-order valence-corrected chi connectivity index (χ1v) is 2.71. The summed E-state index contributed by atoms with van der Waals surface area (Å²) in [7, 11) is 0. The molecule has 0 aromatic rings. The van der Waals surface area contributed by atoms with Gasteiger partial charge in [-0.1, -0.05) is 6.08 Å². The number of ketones is 1. The zero-order valence-corrected chi connectivity index (χ0v) is 4.95. The fourth-order valence-electron chi connectivity index (χ4n) is 0.629. The zero-order valence-electron chi connectivity index (χ0n) is 4.95. The predicted molar refractivity (Wildman–Crippen MR) is 36.6 cm³/mol. The van der Waals surface area contributed by atoms with Crippen LogP contribution in [0.5, 0.6) is 0 Å². The third-order valence-electron chi connectivity index (χ3n) is 1.11. The first kappa shape index (κ1) is 5.95. The Kier molecular flexibility index (Phi) is 1.58. The second-order valence-corrected chi connectivity index (χ2v) is 1.74. The van der Waals surface area contributed by atoms with Gasteiger partial charge >= 0.3 is 0 Å². The van der Waals surface area contributed by atoms with Gasteiger partial charge in [-0.2, -0.15) is 0 Å². The quantitative estimate of drug-likeness (QED) is 0.471. The van der Waals surface area contributed by atoms with Crippen molar-refractivity contribution in [1.29, 1.82) is 0 Å². The molecule has 0 aliphatic carbocycles. The van der Waals surface area contributed by atoms with E-state index in [0.717, 1.165) is 0 Å². The van der Waals surface area contributed by atoms with Gasteiger partial charge in [0.05, 0.1) is 0 Å². The Morgan fingerprint density at radius 3 is 3.00 bits per heavy atom. The van der Waals surface area contributed by atoms with Crippen molar-refractivity contribution in [2.75, 3.05) is 0 Å². The number of hydrogen-bond donors (Lipinski definition) is 0. The van der Waals surface area contributed by atoms with Gasteiger partial charge < -0.3 is 0 Å². The highest BCUT2D eigenvalue weighted by Crippen LogP contribution is 1.98. The maximum atomic E-state index is 10.8. The summed E-state index contributed by atoms with van der Waals surface area (Å²) >= 11 is 0. The van der Waals surface area contributed by atoms with Crippen molar-refractivity contribution in [1.82, 2.24) is 0 Å². The summed E-state index contributed by atoms with van der Waals surface area (Å²) in [4.78, 5) is 14.6. The van der Waals surface area contributed by atoms with Crippen molar-refractivity contribution >= 4 is 12.0 Å². The molecular weight excluding hydrogens is 114 g/mol. The van der Waals surface area contributed by atoms with E-state index >= 15 is 0 Å². The average Bonchev–Trinajstić information content (AvgIpc) is 1.89. The lowest BCUT2D eigenvalue weighted by molar-refractivity contribution is -0.114. The number of nitrogens with zero attached hydrogens (tertiary/aromatic N) is 1. The Hall–Kier alpha value is -1.18. The van der Waals surface area contributed by atoms with E-state index in [1.807, 2.05) is 0 Å². The summed E-state index contributed by atoms with van der Waals surface area (Å²) in [5, 5.41) is 0. The van der Waals surface area contributed by atoms with Crippen LogP contribution in [-0.4, -0.2) is 18.0 Å². The van der Waals surface area contributed by atoms with E-state index in [2.05, 4.69) is 11.6 Å². The van der Waals surface area contributed by atoms with Crippen LogP contribution in [0.15, 0.2) is 29.8 Å². The molecule has 0 fully saturated rings. The van der Waals surface area contributed by atoms with Gasteiger partial charge in [-0.3, -0.25) is 9.79 Å². The van der Waals surface area contributed by atoms with Gasteiger partial charge in [-0.05, 0) is 12.2 Å². The summed E-state index contributed by atoms with van der Waals surface area (Å²) in [5.74, 6) is 0.00694. The lowest BCUT2D eigenvalue weighted by Gasteiger charge is -2.03. The molecule has 0 spiro atoms. The monoisotopic (exact) mass is 121 g/mol. The topological polar surface area (TPSA) is 29.4 Å². The van der Waals surface area contributed by atoms with Gasteiger partial charge in [0.15, 0.2) is 5.78 Å². The maximum Gasteiger partial charge on any atom is 0.184 e. The Morgan fingerprint density at radius 2 is 2.56 bits per heavy atom. The van der Waals surface area contributed by atoms with Crippen LogP contribution in [0.2, 0.25) is 0 Å². The van der Waals surface area contributed by atoms with E-state index in [9.17, 15) is 4.79 Å². The lowest BCUT2D eigenvalue weighted by atomic mass is 10.1. The minimum atomic E-state index is -0.338. The molecule has 1 aliphatic heterocycles. The van der Waals surface area contributed by atoms with Crippen LogP contribution in [0.1, 0.15) is 0 Å². The van der Waals surface area contributed by atoms with Crippen molar-refractivity contribution in [2.24, 2.45) is 4.99 Å². The van der Waals surface area contributed by atoms with Gasteiger partial charge in [0.1, 0.15) is 6.04 Å². The predicted octanol–water partition coefficient (Wildman–Crippen LogP) is 0.751. The number of allylic oxidation sites excluding steroid dienone is 1. The van der Waals surface area contributed by atoms with Gasteiger partial charge in [0.2, 0.25) is 0 Å². The molecule has 1 atom stereocenters. The molecule has 1 heterocycles. The normalized spacial score (nSPS) is 24.4. The van der Waals surface area contributed by atoms with Crippen LogP contribution in [0, 0.1) is 0 Å². The number of dihydropyridines is 1. The Labute approximate surface area is 53.6 Å². The summed E-state index contributed by atoms with van der Waals surface area (Å²) < 4.78 is 0. The molecular formula is C7H7NO. The molecule has 1 unspecified atom stereocenters. The molecule has 1 rings (SSSR count). The molecule has 0 aromatic heterocycles. The molecule has 2 heteroatoms. The number of hydrogen-bond acceptors (Lipinski definition) is 2. The molecule has 0 bridgehead atoms. The van der Waals surface area contributed by atoms with Crippen molar-refractivity contribution in [2.45, 2.75) is 6.04 Å². The summed E-state index contributed by atoms with van der Waals surface area (Å²) in [6, 6.07) is -0.338. The second-order valence-electron chi connectivity index (χ2n) is 1.74. The van der Waals surface area contributed by atoms with E-state index in [4.69, 9.17) is 0 Å². The van der Waals surface area contributed by atoms with Crippen molar-refractivity contribution < 1.29 is 4.79 Å². The number of carbonyl (C=O) groups is 1. The highest BCUT2D eigenvalue weighted by atomic mass is 16.1. The van der Waals surface area contributed by atoms with E-state index < -0.39 is 0 Å². The van der Waals surface area contributed by atoms with Crippen LogP contribution in [0.25, 0.3) is 0 Å². The highest BCUT2D eigenvalue weighted by molar-refractivity contribution is 6.01. The molecule has 0 aromatic carbocycles. The maximum absolute atomic E-state index is 10.8. The summed E-state index contributed by atoms with van der Waals surface area (Å²) in [6.45, 7) is 3.47. The lowest BCUT2D eigenvalue weighted by Crippen LogP contribution is -2.15. The van der Waals surface area contributed by atoms with E-state index in [1.165, 1.54) is 12.2 Å². The highest BCUT2D eigenvalue weighted by Gasteiger charge is 2.09. The number of rotatable bonds is 1. The van der Waals surface area contributed by atoms with Crippen molar-refractivity contribution in [3.63, 3.8) is 0 Å². The first-order valence-electron chi connectivity index (χ1n) is 2.71. The van der Waals surface area contributed by atoms with Crippen LogP contribution in [0.4, 0.5) is 0 Å². The number of carbonyl (C=O) groups excluding carboxylic acids is 1. The molecule has 0 radical (unpaired) electrons. The molecule has 1 aliphatic rings. The summed E-state index contributed by atoms with van der Waals surface area (Å²) in [6.07, 6.45) is 6.26. The minimum absolute atomic E-state index is 0.00694. The Morgan fingerprint density at radius 1 is 1.78 bits per heavy atom. The molecule has 0 amide bonds. The second kappa shape index (κ2) is 2.40. The SMILES string of the molecule is C=CC1N=CC=CC1=O. The van der Waals surface area contributed by atoms with Gasteiger partial charge in [-0.15, -0.1) is 6.58 Å². The van der Waals surface area contributed by atoms with Gasteiger partial charge in [-0.25, -0.2) is 0 Å². The molecule has 0 saturated carbocycles. The number of aliphatic imine (C=N–C) groups is 1. The third-order valence-corrected chi connectivity index (χ3v) is 1.11. The molecule has 2 nitrogen and oxygen atoms in total. The molecule has 0 saturated heterocycles. The first-order chi connectivity index (χ1) is 4.34. The average molecular weight is 121 g/mol. The van der Waals surface area contributed by atoms with E-state index in [1.54, 1.807) is 12.3 Å². The minimum Gasteiger partial charge on any atom is -0.292 e. The molecule has 46 valence electrons. The Bertz CT molecular complexity index is 191. The van der Waals surface area contributed by atoms with Gasteiger partial charge in [0, 0.05) is 6.21 Å². The largest absolute Gasteiger partial charge is 0.292 e. The van der Waals surface area contributed by atoms with Crippen LogP contribution >= 0.6 is 0 Å². The van der Waals surface area contributed by atoms with Crippen molar-refractivity contribution in [3.8, 4) is 0 Å². The van der Waals surface area contributed by atoms with Gasteiger partial charge in [0.25, 0.3) is 0 Å². The van der Waals surface area contributed by atoms with Crippen LogP contribution in [-0.2, 0) is 4.79 Å². The van der Waals surface area contributed by atoms with Crippen molar-refractivity contribution in [3.05, 3.63) is 24.8 Å².